The average molecular weight is 334 g/mol. The van der Waals surface area contributed by atoms with E-state index < -0.39 is 0 Å². The first-order valence-electron chi connectivity index (χ1n) is 6.83. The van der Waals surface area contributed by atoms with Crippen molar-refractivity contribution in [2.24, 2.45) is 0 Å². The van der Waals surface area contributed by atoms with Crippen molar-refractivity contribution in [3.8, 4) is 0 Å². The van der Waals surface area contributed by atoms with E-state index in [0.29, 0.717) is 5.75 Å². The number of amides is 1. The minimum atomic E-state index is -0.362. The fraction of sp³-hybridized carbons (Fsp3) is 0.643. The molecule has 2 unspecified atom stereocenters. The summed E-state index contributed by atoms with van der Waals surface area (Å²) in [6.07, 6.45) is 3.52. The van der Waals surface area contributed by atoms with Crippen LogP contribution in [0.3, 0.4) is 0 Å². The van der Waals surface area contributed by atoms with E-state index in [9.17, 15) is 9.90 Å². The Morgan fingerprint density at radius 3 is 2.90 bits per heavy atom. The molecule has 1 aromatic heterocycles. The highest BCUT2D eigenvalue weighted by Crippen LogP contribution is 2.26. The molecular formula is C14H20ClNO2S2. The quantitative estimate of drug-likeness (QED) is 0.897. The highest BCUT2D eigenvalue weighted by atomic mass is 35.5. The second-order valence-electron chi connectivity index (χ2n) is 5.12. The number of thiophene rings is 1. The van der Waals surface area contributed by atoms with Crippen LogP contribution >= 0.6 is 34.7 Å². The molecule has 1 amide bonds. The van der Waals surface area contributed by atoms with E-state index in [-0.39, 0.29) is 18.1 Å². The number of rotatable bonds is 5. The van der Waals surface area contributed by atoms with Crippen LogP contribution in [0.1, 0.15) is 30.6 Å². The van der Waals surface area contributed by atoms with E-state index in [0.717, 1.165) is 35.8 Å². The largest absolute Gasteiger partial charge is 0.391 e. The molecule has 2 rings (SSSR count). The van der Waals surface area contributed by atoms with Gasteiger partial charge in [-0.1, -0.05) is 24.4 Å². The van der Waals surface area contributed by atoms with E-state index in [1.54, 1.807) is 28.0 Å². The summed E-state index contributed by atoms with van der Waals surface area (Å²) in [5.74, 6) is 1.36. The molecule has 0 aromatic carbocycles. The lowest BCUT2D eigenvalue weighted by Crippen LogP contribution is -2.46. The predicted molar refractivity (Wildman–Crippen MR) is 86.5 cm³/mol. The molecule has 1 aliphatic rings. The maximum atomic E-state index is 12.2. The Morgan fingerprint density at radius 2 is 2.25 bits per heavy atom. The van der Waals surface area contributed by atoms with Crippen molar-refractivity contribution in [1.82, 2.24) is 4.90 Å². The molecule has 1 saturated carbocycles. The van der Waals surface area contributed by atoms with Gasteiger partial charge in [-0.3, -0.25) is 4.79 Å². The third-order valence-corrected chi connectivity index (χ3v) is 6.06. The van der Waals surface area contributed by atoms with E-state index in [4.69, 9.17) is 11.6 Å². The molecule has 1 N–H and O–H groups in total. The average Bonchev–Trinajstić information content (AvgIpc) is 2.84. The third kappa shape index (κ3) is 4.38. The Kier molecular flexibility index (Phi) is 6.20. The highest BCUT2D eigenvalue weighted by Gasteiger charge is 2.29. The summed E-state index contributed by atoms with van der Waals surface area (Å²) >= 11 is 9.03. The van der Waals surface area contributed by atoms with E-state index in [2.05, 4.69) is 0 Å². The lowest BCUT2D eigenvalue weighted by Gasteiger charge is -2.35. The Morgan fingerprint density at radius 1 is 1.50 bits per heavy atom. The van der Waals surface area contributed by atoms with Gasteiger partial charge < -0.3 is 10.0 Å². The van der Waals surface area contributed by atoms with E-state index >= 15 is 0 Å². The van der Waals surface area contributed by atoms with Gasteiger partial charge in [-0.2, -0.15) is 0 Å². The lowest BCUT2D eigenvalue weighted by atomic mass is 9.91. The van der Waals surface area contributed by atoms with Gasteiger partial charge in [-0.25, -0.2) is 0 Å². The number of thioether (sulfide) groups is 1. The highest BCUT2D eigenvalue weighted by molar-refractivity contribution is 7.99. The van der Waals surface area contributed by atoms with Crippen molar-refractivity contribution >= 4 is 40.6 Å². The molecule has 0 aliphatic heterocycles. The van der Waals surface area contributed by atoms with Gasteiger partial charge in [0.25, 0.3) is 0 Å². The summed E-state index contributed by atoms with van der Waals surface area (Å²) in [6, 6.07) is 3.88. The first-order chi connectivity index (χ1) is 9.58. The van der Waals surface area contributed by atoms with Gasteiger partial charge >= 0.3 is 0 Å². The predicted octanol–water partition coefficient (Wildman–Crippen LogP) is 3.40. The first-order valence-corrected chi connectivity index (χ1v) is 9.18. The Bertz CT molecular complexity index is 452. The van der Waals surface area contributed by atoms with Crippen LogP contribution in [0.25, 0.3) is 0 Å². The molecule has 0 bridgehead atoms. The number of likely N-dealkylation sites (N-methyl/N-ethyl adjacent to an activating group) is 1. The Hall–Kier alpha value is -0.230. The SMILES string of the molecule is CN(C(=O)CSCc1ccc(Cl)s1)C1CCCCC1O. The summed E-state index contributed by atoms with van der Waals surface area (Å²) < 4.78 is 0.786. The van der Waals surface area contributed by atoms with Crippen molar-refractivity contribution in [2.75, 3.05) is 12.8 Å². The number of carbonyl (C=O) groups is 1. The summed E-state index contributed by atoms with van der Waals surface area (Å²) in [5, 5.41) is 9.98. The summed E-state index contributed by atoms with van der Waals surface area (Å²) in [4.78, 5) is 15.1. The van der Waals surface area contributed by atoms with Crippen LogP contribution < -0.4 is 0 Å². The zero-order chi connectivity index (χ0) is 14.5. The van der Waals surface area contributed by atoms with Crippen LogP contribution in [0, 0.1) is 0 Å². The zero-order valence-corrected chi connectivity index (χ0v) is 13.9. The summed E-state index contributed by atoms with van der Waals surface area (Å²) in [7, 11) is 1.81. The van der Waals surface area contributed by atoms with Gasteiger partial charge in [0.15, 0.2) is 0 Å². The molecule has 1 fully saturated rings. The first kappa shape index (κ1) is 16.1. The van der Waals surface area contributed by atoms with Crippen molar-refractivity contribution < 1.29 is 9.90 Å². The van der Waals surface area contributed by atoms with Crippen molar-refractivity contribution in [1.29, 1.82) is 0 Å². The Balaban J connectivity index is 1.76. The van der Waals surface area contributed by atoms with E-state index in [1.807, 2.05) is 19.2 Å². The normalized spacial score (nSPS) is 22.8. The van der Waals surface area contributed by atoms with Crippen LogP contribution in [0.15, 0.2) is 12.1 Å². The second-order valence-corrected chi connectivity index (χ2v) is 7.91. The molecule has 0 radical (unpaired) electrons. The summed E-state index contributed by atoms with van der Waals surface area (Å²) in [5.41, 5.74) is 0. The van der Waals surface area contributed by atoms with Crippen molar-refractivity contribution in [3.05, 3.63) is 21.3 Å². The zero-order valence-electron chi connectivity index (χ0n) is 11.5. The summed E-state index contributed by atoms with van der Waals surface area (Å²) in [6.45, 7) is 0. The molecule has 6 heteroatoms. The van der Waals surface area contributed by atoms with Crippen LogP contribution in [-0.4, -0.2) is 40.9 Å². The molecule has 1 heterocycles. The number of aliphatic hydroxyl groups is 1. The fourth-order valence-corrected chi connectivity index (χ4v) is 4.64. The second kappa shape index (κ2) is 7.69. The molecule has 3 nitrogen and oxygen atoms in total. The van der Waals surface area contributed by atoms with E-state index in [1.165, 1.54) is 4.88 Å². The number of halogens is 1. The molecule has 2 atom stereocenters. The topological polar surface area (TPSA) is 40.5 Å². The Labute approximate surface area is 133 Å². The molecule has 0 saturated heterocycles. The lowest BCUT2D eigenvalue weighted by molar-refractivity contribution is -0.132. The third-order valence-electron chi connectivity index (χ3n) is 3.68. The molecule has 112 valence electrons. The molecular weight excluding hydrogens is 314 g/mol. The van der Waals surface area contributed by atoms with Gasteiger partial charge in [0.05, 0.1) is 22.2 Å². The van der Waals surface area contributed by atoms with Gasteiger partial charge in [0.2, 0.25) is 5.91 Å². The maximum absolute atomic E-state index is 12.2. The van der Waals surface area contributed by atoms with Crippen molar-refractivity contribution in [2.45, 2.75) is 43.6 Å². The van der Waals surface area contributed by atoms with Crippen LogP contribution in [-0.2, 0) is 10.5 Å². The molecule has 1 aromatic rings. The monoisotopic (exact) mass is 333 g/mol. The fourth-order valence-electron chi connectivity index (χ4n) is 2.50. The number of hydrogen-bond acceptors (Lipinski definition) is 4. The smallest absolute Gasteiger partial charge is 0.232 e. The minimum Gasteiger partial charge on any atom is -0.391 e. The standard InChI is InChI=1S/C14H20ClNO2S2/c1-16(11-4-2-3-5-12(11)17)14(18)9-19-8-10-6-7-13(15)20-10/h6-7,11-12,17H,2-5,8-9H2,1H3. The van der Waals surface area contributed by atoms with Gasteiger partial charge in [0, 0.05) is 17.7 Å². The number of nitrogens with zero attached hydrogens (tertiary/aromatic N) is 1. The maximum Gasteiger partial charge on any atom is 0.232 e. The van der Waals surface area contributed by atoms with Gasteiger partial charge in [0.1, 0.15) is 0 Å². The van der Waals surface area contributed by atoms with Gasteiger partial charge in [-0.15, -0.1) is 23.1 Å². The van der Waals surface area contributed by atoms with Crippen LogP contribution in [0.4, 0.5) is 0 Å². The van der Waals surface area contributed by atoms with Crippen LogP contribution in [0.2, 0.25) is 4.34 Å². The number of hydrogen-bond donors (Lipinski definition) is 1. The number of carbonyl (C=O) groups excluding carboxylic acids is 1. The minimum absolute atomic E-state index is 0.00645. The number of aliphatic hydroxyl groups excluding tert-OH is 1. The van der Waals surface area contributed by atoms with Crippen LogP contribution in [0.5, 0.6) is 0 Å². The van der Waals surface area contributed by atoms with Crippen molar-refractivity contribution in [3.63, 3.8) is 0 Å². The molecule has 20 heavy (non-hydrogen) atoms. The van der Waals surface area contributed by atoms with Gasteiger partial charge in [-0.05, 0) is 25.0 Å². The molecule has 0 spiro atoms. The molecule has 1 aliphatic carbocycles.